The Bertz CT molecular complexity index is 822. The van der Waals surface area contributed by atoms with Crippen molar-refractivity contribution >= 4 is 0 Å². The number of hydrogen-bond acceptors (Lipinski definition) is 7. The van der Waals surface area contributed by atoms with E-state index >= 15 is 0 Å². The quantitative estimate of drug-likeness (QED) is 0.700. The lowest BCUT2D eigenvalue weighted by Gasteiger charge is -2.31. The minimum absolute atomic E-state index is 0.144. The van der Waals surface area contributed by atoms with E-state index < -0.39 is 0 Å². The zero-order chi connectivity index (χ0) is 17.6. The molecule has 0 aliphatic carbocycles. The second-order valence-corrected chi connectivity index (χ2v) is 6.24. The lowest BCUT2D eigenvalue weighted by Crippen LogP contribution is -2.38. The zero-order valence-corrected chi connectivity index (χ0v) is 14.4. The summed E-state index contributed by atoms with van der Waals surface area (Å²) in [5.41, 5.74) is 2.72. The van der Waals surface area contributed by atoms with Gasteiger partial charge in [0.1, 0.15) is 11.8 Å². The molecule has 0 atom stereocenters. The van der Waals surface area contributed by atoms with Crippen LogP contribution in [0.5, 0.6) is 5.88 Å². The molecule has 4 rings (SSSR count). The maximum absolute atomic E-state index is 6.19. The fourth-order valence-corrected chi connectivity index (χ4v) is 3.10. The molecule has 0 saturated carbocycles. The summed E-state index contributed by atoms with van der Waals surface area (Å²) in [6.07, 6.45) is 14.2. The molecule has 132 valence electrons. The van der Waals surface area contributed by atoms with E-state index in [1.165, 1.54) is 0 Å². The first kappa shape index (κ1) is 16.5. The third-order valence-corrected chi connectivity index (χ3v) is 4.43. The van der Waals surface area contributed by atoms with Gasteiger partial charge in [-0.05, 0) is 25.0 Å². The monoisotopic (exact) mass is 348 g/mol. The highest BCUT2D eigenvalue weighted by Crippen LogP contribution is 2.27. The van der Waals surface area contributed by atoms with Crippen molar-refractivity contribution in [2.24, 2.45) is 0 Å². The maximum Gasteiger partial charge on any atom is 0.240 e. The minimum atomic E-state index is 0.144. The molecule has 0 spiro atoms. The van der Waals surface area contributed by atoms with Gasteiger partial charge in [0.25, 0.3) is 0 Å². The average molecular weight is 348 g/mol. The average Bonchev–Trinajstić information content (AvgIpc) is 2.71. The Morgan fingerprint density at radius 1 is 0.885 bits per heavy atom. The van der Waals surface area contributed by atoms with E-state index in [1.807, 2.05) is 18.3 Å². The van der Waals surface area contributed by atoms with Crippen LogP contribution in [-0.4, -0.2) is 49.0 Å². The van der Waals surface area contributed by atoms with Crippen LogP contribution in [0.2, 0.25) is 0 Å². The van der Waals surface area contributed by atoms with Crippen LogP contribution in [0.1, 0.15) is 18.5 Å². The van der Waals surface area contributed by atoms with Crippen LogP contribution in [0.3, 0.4) is 0 Å². The Labute approximate surface area is 152 Å². The van der Waals surface area contributed by atoms with Gasteiger partial charge in [-0.25, -0.2) is 9.97 Å². The summed E-state index contributed by atoms with van der Waals surface area (Å²) in [4.78, 5) is 23.7. The summed E-state index contributed by atoms with van der Waals surface area (Å²) in [5.74, 6) is 0.589. The molecule has 26 heavy (non-hydrogen) atoms. The van der Waals surface area contributed by atoms with E-state index in [2.05, 4.69) is 29.8 Å². The van der Waals surface area contributed by atoms with Gasteiger partial charge in [-0.1, -0.05) is 0 Å². The topological polar surface area (TPSA) is 76.9 Å². The third kappa shape index (κ3) is 4.00. The number of ether oxygens (including phenoxy) is 1. The molecule has 7 heteroatoms. The third-order valence-electron chi connectivity index (χ3n) is 4.43. The predicted molar refractivity (Wildman–Crippen MR) is 96.2 cm³/mol. The standard InChI is InChI=1S/C19H20N6O/c1-5-20-6-2-15(1)18-19(24-10-9-23-18)26-17-3-11-25(12-4-17)14-16-13-21-7-8-22-16/h1-2,5-10,13,17H,3-4,11-12,14H2. The van der Waals surface area contributed by atoms with Gasteiger partial charge in [0.2, 0.25) is 5.88 Å². The van der Waals surface area contributed by atoms with Crippen molar-refractivity contribution in [3.05, 3.63) is 61.2 Å². The van der Waals surface area contributed by atoms with Crippen molar-refractivity contribution < 1.29 is 4.74 Å². The Balaban J connectivity index is 1.38. The second kappa shape index (κ2) is 7.97. The van der Waals surface area contributed by atoms with Gasteiger partial charge in [-0.15, -0.1) is 0 Å². The van der Waals surface area contributed by atoms with Crippen LogP contribution in [-0.2, 0) is 6.54 Å². The molecule has 1 fully saturated rings. The molecule has 0 bridgehead atoms. The van der Waals surface area contributed by atoms with Crippen LogP contribution < -0.4 is 4.74 Å². The highest BCUT2D eigenvalue weighted by molar-refractivity contribution is 5.63. The van der Waals surface area contributed by atoms with Gasteiger partial charge < -0.3 is 4.74 Å². The fraction of sp³-hybridized carbons (Fsp3) is 0.316. The molecule has 3 aromatic heterocycles. The molecule has 0 radical (unpaired) electrons. The Kier molecular flexibility index (Phi) is 5.07. The van der Waals surface area contributed by atoms with E-state index in [9.17, 15) is 0 Å². The summed E-state index contributed by atoms with van der Waals surface area (Å²) in [7, 11) is 0. The first-order chi connectivity index (χ1) is 12.9. The molecular weight excluding hydrogens is 328 g/mol. The van der Waals surface area contributed by atoms with Crippen molar-refractivity contribution in [2.75, 3.05) is 13.1 Å². The molecule has 0 N–H and O–H groups in total. The molecule has 1 aliphatic rings. The summed E-state index contributed by atoms with van der Waals surface area (Å²) in [6.45, 7) is 2.76. The highest BCUT2D eigenvalue weighted by atomic mass is 16.5. The number of nitrogens with zero attached hydrogens (tertiary/aromatic N) is 6. The summed E-state index contributed by atoms with van der Waals surface area (Å²) >= 11 is 0. The van der Waals surface area contributed by atoms with E-state index in [0.29, 0.717) is 5.88 Å². The molecule has 0 unspecified atom stereocenters. The van der Waals surface area contributed by atoms with Gasteiger partial charge in [0.05, 0.1) is 5.69 Å². The number of pyridine rings is 1. The second-order valence-electron chi connectivity index (χ2n) is 6.24. The van der Waals surface area contributed by atoms with Gasteiger partial charge >= 0.3 is 0 Å². The minimum Gasteiger partial charge on any atom is -0.473 e. The van der Waals surface area contributed by atoms with Crippen LogP contribution in [0.25, 0.3) is 11.3 Å². The van der Waals surface area contributed by atoms with Crippen LogP contribution in [0, 0.1) is 0 Å². The largest absolute Gasteiger partial charge is 0.473 e. The predicted octanol–water partition coefficient (Wildman–Crippen LogP) is 2.37. The Morgan fingerprint density at radius 2 is 1.65 bits per heavy atom. The number of aromatic nitrogens is 5. The van der Waals surface area contributed by atoms with Crippen molar-refractivity contribution in [3.8, 4) is 17.1 Å². The van der Waals surface area contributed by atoms with E-state index in [4.69, 9.17) is 4.74 Å². The molecule has 3 aromatic rings. The van der Waals surface area contributed by atoms with E-state index in [-0.39, 0.29) is 6.10 Å². The summed E-state index contributed by atoms with van der Waals surface area (Å²) in [5, 5.41) is 0. The molecule has 0 aromatic carbocycles. The molecule has 0 amide bonds. The molecule has 1 saturated heterocycles. The lowest BCUT2D eigenvalue weighted by atomic mass is 10.1. The van der Waals surface area contributed by atoms with E-state index in [1.54, 1.807) is 37.2 Å². The van der Waals surface area contributed by atoms with Crippen LogP contribution >= 0.6 is 0 Å². The first-order valence-electron chi connectivity index (χ1n) is 8.74. The normalized spacial score (nSPS) is 15.7. The van der Waals surface area contributed by atoms with Gasteiger partial charge in [-0.3, -0.25) is 19.9 Å². The first-order valence-corrected chi connectivity index (χ1v) is 8.74. The molecule has 4 heterocycles. The Hall–Kier alpha value is -2.93. The smallest absolute Gasteiger partial charge is 0.240 e. The molecular formula is C19H20N6O. The zero-order valence-electron chi connectivity index (χ0n) is 14.4. The molecule has 7 nitrogen and oxygen atoms in total. The lowest BCUT2D eigenvalue weighted by molar-refractivity contribution is 0.0927. The van der Waals surface area contributed by atoms with Gasteiger partial charge in [0, 0.05) is 68.6 Å². The number of hydrogen-bond donors (Lipinski definition) is 0. The fourth-order valence-electron chi connectivity index (χ4n) is 3.10. The number of piperidine rings is 1. The van der Waals surface area contributed by atoms with Crippen LogP contribution in [0.15, 0.2) is 55.5 Å². The molecule has 1 aliphatic heterocycles. The Morgan fingerprint density at radius 3 is 2.42 bits per heavy atom. The van der Waals surface area contributed by atoms with Crippen molar-refractivity contribution in [3.63, 3.8) is 0 Å². The van der Waals surface area contributed by atoms with Crippen molar-refractivity contribution in [1.82, 2.24) is 29.8 Å². The maximum atomic E-state index is 6.19. The van der Waals surface area contributed by atoms with Gasteiger partial charge in [0.15, 0.2) is 0 Å². The SMILES string of the molecule is c1cc(-c2nccnc2OC2CCN(Cc3cnccn3)CC2)ccn1. The summed E-state index contributed by atoms with van der Waals surface area (Å²) in [6, 6.07) is 3.83. The van der Waals surface area contributed by atoms with Crippen molar-refractivity contribution in [1.29, 1.82) is 0 Å². The van der Waals surface area contributed by atoms with Crippen molar-refractivity contribution in [2.45, 2.75) is 25.5 Å². The number of rotatable bonds is 5. The van der Waals surface area contributed by atoms with Gasteiger partial charge in [-0.2, -0.15) is 0 Å². The van der Waals surface area contributed by atoms with E-state index in [0.717, 1.165) is 49.4 Å². The van der Waals surface area contributed by atoms with Crippen LogP contribution in [0.4, 0.5) is 0 Å². The number of likely N-dealkylation sites (tertiary alicyclic amines) is 1. The highest BCUT2D eigenvalue weighted by Gasteiger charge is 2.22. The summed E-state index contributed by atoms with van der Waals surface area (Å²) < 4.78 is 6.19.